The molecule has 0 saturated carbocycles. The maximum Gasteiger partial charge on any atom is 0.297 e. The fraction of sp³-hybridized carbons (Fsp3) is 0.326. The van der Waals surface area contributed by atoms with Crippen molar-refractivity contribution in [3.8, 4) is 17.2 Å². The van der Waals surface area contributed by atoms with Gasteiger partial charge >= 0.3 is 0 Å². The van der Waals surface area contributed by atoms with Gasteiger partial charge in [0.05, 0.1) is 59.7 Å². The first-order valence-electron chi connectivity index (χ1n) is 19.7. The molecule has 0 bridgehead atoms. The second-order valence-corrected chi connectivity index (χ2v) is 21.8. The largest absolute Gasteiger partial charge is 0.497 e. The maximum atomic E-state index is 15.4. The maximum absolute atomic E-state index is 15.4. The summed E-state index contributed by atoms with van der Waals surface area (Å²) in [5.41, 5.74) is 3.54. The lowest BCUT2D eigenvalue weighted by molar-refractivity contribution is -0.151. The molecule has 0 unspecified atom stereocenters. The van der Waals surface area contributed by atoms with Crippen LogP contribution in [0.5, 0.6) is 11.5 Å². The number of nitrogens with zero attached hydrogens (tertiary/aromatic N) is 3. The van der Waals surface area contributed by atoms with Gasteiger partial charge in [-0.05, 0) is 83.2 Å². The number of hydrogen-bond acceptors (Lipinski definition) is 7. The number of anilines is 1. The Balaban J connectivity index is 1.16. The van der Waals surface area contributed by atoms with E-state index in [2.05, 4.69) is 54.1 Å². The van der Waals surface area contributed by atoms with E-state index in [0.717, 1.165) is 38.2 Å². The normalized spacial score (nSPS) is 22.6. The predicted molar refractivity (Wildman–Crippen MR) is 230 cm³/mol. The number of pyridine rings is 1. The van der Waals surface area contributed by atoms with Gasteiger partial charge in [0.1, 0.15) is 5.75 Å². The smallest absolute Gasteiger partial charge is 0.297 e. The zero-order chi connectivity index (χ0) is 40.9. The van der Waals surface area contributed by atoms with Gasteiger partial charge in [-0.25, -0.2) is 0 Å². The quantitative estimate of drug-likeness (QED) is 0.156. The number of carbonyl (C=O) groups excluding carboxylic acids is 2. The van der Waals surface area contributed by atoms with Crippen molar-refractivity contribution in [3.05, 3.63) is 146 Å². The number of benzene rings is 4. The molecule has 10 nitrogen and oxygen atoms in total. The van der Waals surface area contributed by atoms with Gasteiger partial charge in [0, 0.05) is 34.4 Å². The Kier molecular flexibility index (Phi) is 10.7. The summed E-state index contributed by atoms with van der Waals surface area (Å²) in [7, 11) is 0.591. The number of aliphatic hydroxyl groups is 1. The number of aromatic nitrogens is 1. The molecule has 1 N–H and O–H groups in total. The van der Waals surface area contributed by atoms with E-state index in [-0.39, 0.29) is 60.2 Å². The number of aliphatic hydroxyl groups excluding tert-OH is 1. The highest BCUT2D eigenvalue weighted by Gasteiger charge is 2.66. The average molecular weight is 863 g/mol. The number of halogens is 1. The van der Waals surface area contributed by atoms with Crippen LogP contribution in [0.2, 0.25) is 18.6 Å². The molecule has 1 aromatic heterocycles. The Morgan fingerprint density at radius 2 is 1.66 bits per heavy atom. The van der Waals surface area contributed by atoms with E-state index in [1.165, 1.54) is 16.9 Å². The molecule has 5 aromatic rings. The molecule has 4 heterocycles. The SMILES string of the molecule is COc1ccc([Si](C)(C)[C@H]2[C@H](CC(=O)N3Cc4ccccc4C[C@H]3CO)O[C@@]3(C(=O)N(Cc4ccc(-n5cccc(OC)c5=O)cc4)c4ccc(Br)cc43)[C@@H]2C)cc1. The van der Waals surface area contributed by atoms with Gasteiger partial charge in [0.25, 0.3) is 11.5 Å². The zero-order valence-electron chi connectivity index (χ0n) is 33.4. The molecule has 3 aliphatic rings. The summed E-state index contributed by atoms with van der Waals surface area (Å²) in [6.07, 6.45) is 1.76. The van der Waals surface area contributed by atoms with E-state index < -0.39 is 19.8 Å². The second-order valence-electron chi connectivity index (χ2n) is 16.2. The van der Waals surface area contributed by atoms with Crippen LogP contribution in [0.3, 0.4) is 0 Å². The van der Waals surface area contributed by atoms with Gasteiger partial charge in [-0.1, -0.05) is 89.7 Å². The standard InChI is InChI=1S/C46H48BrN3O7Si/c1-29-43(58(4,5)37-19-17-36(55-2)18-20-37)41(25-42(52)49-27-32-10-7-6-9-31(32)23-35(49)28-51)57-46(29)38-24-33(47)14-21-39(38)50(45(46)54)26-30-12-15-34(16-13-30)48-22-8-11-40(56-3)44(48)53/h6-22,24,29,35,41,43,51H,23,25-28H2,1-5H3/t29-,35+,41+,43-,46+/m1/s1. The minimum atomic E-state index is -2.53. The van der Waals surface area contributed by atoms with Crippen molar-refractivity contribution >= 4 is 46.7 Å². The molecule has 0 aliphatic carbocycles. The van der Waals surface area contributed by atoms with E-state index in [4.69, 9.17) is 14.2 Å². The summed E-state index contributed by atoms with van der Waals surface area (Å²) in [5, 5.41) is 11.7. The van der Waals surface area contributed by atoms with Gasteiger partial charge in [0.15, 0.2) is 11.4 Å². The molecule has 0 radical (unpaired) electrons. The van der Waals surface area contributed by atoms with Crippen LogP contribution >= 0.6 is 15.9 Å². The third-order valence-electron chi connectivity index (χ3n) is 12.7. The first-order chi connectivity index (χ1) is 27.9. The molecule has 4 aromatic carbocycles. The molecule has 5 atom stereocenters. The van der Waals surface area contributed by atoms with Gasteiger partial charge in [0.2, 0.25) is 5.91 Å². The minimum Gasteiger partial charge on any atom is -0.497 e. The third-order valence-corrected chi connectivity index (χ3v) is 17.6. The first-order valence-corrected chi connectivity index (χ1v) is 23.5. The summed E-state index contributed by atoms with van der Waals surface area (Å²) in [4.78, 5) is 46.5. The Bertz CT molecular complexity index is 2420. The molecule has 8 rings (SSSR count). The van der Waals surface area contributed by atoms with E-state index >= 15 is 4.79 Å². The number of carbonyl (C=O) groups is 2. The number of ether oxygens (including phenoxy) is 3. The molecule has 300 valence electrons. The Morgan fingerprint density at radius 1 is 0.931 bits per heavy atom. The molecular formula is C46H48BrN3O7Si. The average Bonchev–Trinajstić information content (AvgIpc) is 3.66. The van der Waals surface area contributed by atoms with Crippen molar-refractivity contribution in [2.24, 2.45) is 5.92 Å². The summed E-state index contributed by atoms with van der Waals surface area (Å²) < 4.78 is 20.4. The Hall–Kier alpha value is -5.01. The Morgan fingerprint density at radius 3 is 2.34 bits per heavy atom. The lowest BCUT2D eigenvalue weighted by atomic mass is 9.82. The number of rotatable bonds is 10. The molecule has 1 spiro atoms. The monoisotopic (exact) mass is 861 g/mol. The number of fused-ring (bicyclic) bond motifs is 3. The summed E-state index contributed by atoms with van der Waals surface area (Å²) in [6.45, 7) is 7.26. The van der Waals surface area contributed by atoms with E-state index in [0.29, 0.717) is 18.7 Å². The number of methoxy groups -OCH3 is 2. The van der Waals surface area contributed by atoms with Crippen LogP contribution < -0.4 is 25.1 Å². The summed E-state index contributed by atoms with van der Waals surface area (Å²) in [5.74, 6) is 0.439. The number of amides is 2. The highest BCUT2D eigenvalue weighted by molar-refractivity contribution is 9.10. The van der Waals surface area contributed by atoms with Gasteiger partial charge < -0.3 is 29.1 Å². The molecule has 1 saturated heterocycles. The number of hydrogen-bond donors (Lipinski definition) is 1. The van der Waals surface area contributed by atoms with Gasteiger partial charge in [-0.15, -0.1) is 0 Å². The van der Waals surface area contributed by atoms with Gasteiger partial charge in [-0.3, -0.25) is 19.0 Å². The van der Waals surface area contributed by atoms with Crippen LogP contribution in [0.4, 0.5) is 5.69 Å². The predicted octanol–water partition coefficient (Wildman–Crippen LogP) is 6.72. The molecule has 1 fully saturated rings. The minimum absolute atomic E-state index is 0.0731. The highest BCUT2D eigenvalue weighted by Crippen LogP contribution is 2.60. The van der Waals surface area contributed by atoms with Crippen LogP contribution in [-0.4, -0.2) is 67.4 Å². The molecule has 3 aliphatic heterocycles. The van der Waals surface area contributed by atoms with Crippen molar-refractivity contribution in [1.29, 1.82) is 0 Å². The summed E-state index contributed by atoms with van der Waals surface area (Å²) >= 11 is 3.70. The van der Waals surface area contributed by atoms with Crippen LogP contribution in [0.15, 0.2) is 119 Å². The topological polar surface area (TPSA) is 111 Å². The highest BCUT2D eigenvalue weighted by atomic mass is 79.9. The van der Waals surface area contributed by atoms with Crippen LogP contribution in [-0.2, 0) is 39.4 Å². The molecule has 12 heteroatoms. The van der Waals surface area contributed by atoms with Crippen molar-refractivity contribution in [1.82, 2.24) is 9.47 Å². The first kappa shape index (κ1) is 39.8. The zero-order valence-corrected chi connectivity index (χ0v) is 35.9. The molecule has 2 amide bonds. The fourth-order valence-electron chi connectivity index (χ4n) is 9.75. The fourth-order valence-corrected chi connectivity index (χ4v) is 14.1. The van der Waals surface area contributed by atoms with Crippen molar-refractivity contribution in [2.45, 2.75) is 69.2 Å². The van der Waals surface area contributed by atoms with Crippen molar-refractivity contribution < 1.29 is 28.9 Å². The summed E-state index contributed by atoms with van der Waals surface area (Å²) in [6, 6.07) is 32.8. The second kappa shape index (κ2) is 15.6. The van der Waals surface area contributed by atoms with Gasteiger partial charge in [-0.2, -0.15) is 0 Å². The van der Waals surface area contributed by atoms with E-state index in [9.17, 15) is 14.7 Å². The van der Waals surface area contributed by atoms with Crippen LogP contribution in [0.25, 0.3) is 5.69 Å². The van der Waals surface area contributed by atoms with Crippen molar-refractivity contribution in [2.75, 3.05) is 25.7 Å². The Labute approximate surface area is 348 Å². The van der Waals surface area contributed by atoms with Crippen molar-refractivity contribution in [3.63, 3.8) is 0 Å². The third kappa shape index (κ3) is 6.69. The lowest BCUT2D eigenvalue weighted by Gasteiger charge is -2.39. The van der Waals surface area contributed by atoms with Crippen LogP contribution in [0.1, 0.15) is 35.6 Å². The van der Waals surface area contributed by atoms with E-state index in [1.54, 1.807) is 35.2 Å². The molecular weight excluding hydrogens is 815 g/mol. The molecule has 58 heavy (non-hydrogen) atoms. The van der Waals surface area contributed by atoms with E-state index in [1.807, 2.05) is 72.8 Å². The van der Waals surface area contributed by atoms with Crippen LogP contribution in [0, 0.1) is 5.92 Å². The lowest BCUT2D eigenvalue weighted by Crippen LogP contribution is -2.52.